The Kier molecular flexibility index (Phi) is 6.51. The van der Waals surface area contributed by atoms with E-state index >= 15 is 0 Å². The molecule has 1 saturated heterocycles. The summed E-state index contributed by atoms with van der Waals surface area (Å²) in [6, 6.07) is 11.1. The quantitative estimate of drug-likeness (QED) is 0.525. The third-order valence-corrected chi connectivity index (χ3v) is 4.77. The van der Waals surface area contributed by atoms with Crippen molar-refractivity contribution in [3.63, 3.8) is 0 Å². The number of hydrogen-bond donors (Lipinski definition) is 1. The predicted molar refractivity (Wildman–Crippen MR) is 111 cm³/mol. The van der Waals surface area contributed by atoms with E-state index in [0.29, 0.717) is 18.0 Å². The van der Waals surface area contributed by atoms with E-state index in [1.54, 1.807) is 29.2 Å². The van der Waals surface area contributed by atoms with Crippen molar-refractivity contribution < 1.29 is 24.0 Å². The Hall–Kier alpha value is -3.62. The number of rotatable bonds is 8. The number of amides is 2. The lowest BCUT2D eigenvalue weighted by molar-refractivity contribution is -0.384. The van der Waals surface area contributed by atoms with Gasteiger partial charge in [-0.3, -0.25) is 19.7 Å². The Labute approximate surface area is 173 Å². The first-order valence-electron chi connectivity index (χ1n) is 9.59. The van der Waals surface area contributed by atoms with Gasteiger partial charge in [-0.05, 0) is 36.8 Å². The minimum absolute atomic E-state index is 0.0786. The highest BCUT2D eigenvalue weighted by molar-refractivity contribution is 6.04. The Morgan fingerprint density at radius 1 is 1.27 bits per heavy atom. The average Bonchev–Trinajstić information content (AvgIpc) is 3.14. The number of nitro groups is 1. The third kappa shape index (κ3) is 4.68. The van der Waals surface area contributed by atoms with Crippen LogP contribution in [0.3, 0.4) is 0 Å². The predicted octanol–water partition coefficient (Wildman–Crippen LogP) is 3.38. The van der Waals surface area contributed by atoms with Crippen LogP contribution in [0.15, 0.2) is 42.5 Å². The van der Waals surface area contributed by atoms with Crippen LogP contribution in [-0.2, 0) is 9.59 Å². The van der Waals surface area contributed by atoms with Crippen LogP contribution in [0.2, 0.25) is 0 Å². The Bertz CT molecular complexity index is 944. The zero-order valence-corrected chi connectivity index (χ0v) is 16.8. The molecule has 0 unspecified atom stereocenters. The van der Waals surface area contributed by atoms with Gasteiger partial charge in [-0.2, -0.15) is 0 Å². The first-order valence-corrected chi connectivity index (χ1v) is 9.59. The van der Waals surface area contributed by atoms with Gasteiger partial charge in [0.1, 0.15) is 11.5 Å². The molecule has 2 aromatic rings. The van der Waals surface area contributed by atoms with E-state index in [0.717, 1.165) is 12.2 Å². The van der Waals surface area contributed by atoms with Crippen molar-refractivity contribution >= 4 is 28.9 Å². The lowest BCUT2D eigenvalue weighted by atomic mass is 10.1. The second kappa shape index (κ2) is 9.25. The molecule has 0 bridgehead atoms. The number of hydrogen-bond acceptors (Lipinski definition) is 6. The largest absolute Gasteiger partial charge is 0.494 e. The number of non-ortho nitro benzene ring substituents is 1. The van der Waals surface area contributed by atoms with Crippen LogP contribution in [0.4, 0.5) is 17.1 Å². The molecule has 158 valence electrons. The number of nitrogens with zero attached hydrogens (tertiary/aromatic N) is 2. The van der Waals surface area contributed by atoms with Crippen molar-refractivity contribution in [1.82, 2.24) is 0 Å². The highest BCUT2D eigenvalue weighted by atomic mass is 16.6. The summed E-state index contributed by atoms with van der Waals surface area (Å²) in [6.07, 6.45) is 0.984. The Morgan fingerprint density at radius 2 is 2.00 bits per heavy atom. The van der Waals surface area contributed by atoms with E-state index in [9.17, 15) is 19.7 Å². The van der Waals surface area contributed by atoms with Crippen molar-refractivity contribution in [2.24, 2.45) is 5.92 Å². The molecule has 0 spiro atoms. The topological polar surface area (TPSA) is 111 Å². The fourth-order valence-corrected chi connectivity index (χ4v) is 3.21. The molecule has 0 radical (unpaired) electrons. The number of anilines is 2. The van der Waals surface area contributed by atoms with Crippen LogP contribution in [-0.4, -0.2) is 37.0 Å². The lowest BCUT2D eigenvalue weighted by Gasteiger charge is -2.17. The molecule has 2 aromatic carbocycles. The molecular formula is C21H23N3O6. The summed E-state index contributed by atoms with van der Waals surface area (Å²) in [5.41, 5.74) is 0.877. The van der Waals surface area contributed by atoms with Crippen molar-refractivity contribution in [2.45, 2.75) is 19.8 Å². The molecule has 2 amide bonds. The van der Waals surface area contributed by atoms with Crippen LogP contribution in [0.25, 0.3) is 0 Å². The van der Waals surface area contributed by atoms with Crippen LogP contribution in [0.1, 0.15) is 19.8 Å². The molecule has 1 aliphatic rings. The summed E-state index contributed by atoms with van der Waals surface area (Å²) in [5.74, 6) is -0.129. The molecule has 3 rings (SSSR count). The molecule has 0 aromatic heterocycles. The van der Waals surface area contributed by atoms with E-state index in [4.69, 9.17) is 9.47 Å². The molecule has 1 fully saturated rings. The van der Waals surface area contributed by atoms with Crippen LogP contribution in [0.5, 0.6) is 11.5 Å². The normalized spacial score (nSPS) is 15.7. The van der Waals surface area contributed by atoms with Crippen molar-refractivity contribution in [3.8, 4) is 11.5 Å². The second-order valence-corrected chi connectivity index (χ2v) is 6.88. The van der Waals surface area contributed by atoms with Gasteiger partial charge in [0.15, 0.2) is 0 Å². The fraction of sp³-hybridized carbons (Fsp3) is 0.333. The van der Waals surface area contributed by atoms with Gasteiger partial charge >= 0.3 is 0 Å². The molecule has 30 heavy (non-hydrogen) atoms. The second-order valence-electron chi connectivity index (χ2n) is 6.88. The SMILES string of the molecule is CCCOc1ccc(N2C[C@@H](C(=O)Nc3ccc([N+](=O)[O-])cc3OC)CC2=O)cc1. The highest BCUT2D eigenvalue weighted by Crippen LogP contribution is 2.31. The summed E-state index contributed by atoms with van der Waals surface area (Å²) in [4.78, 5) is 37.1. The van der Waals surface area contributed by atoms with Gasteiger partial charge in [0.05, 0.1) is 36.3 Å². The van der Waals surface area contributed by atoms with E-state index in [2.05, 4.69) is 5.32 Å². The summed E-state index contributed by atoms with van der Waals surface area (Å²) in [5, 5.41) is 13.6. The van der Waals surface area contributed by atoms with Crippen LogP contribution in [0, 0.1) is 16.0 Å². The van der Waals surface area contributed by atoms with E-state index in [-0.39, 0.29) is 36.2 Å². The number of carbonyl (C=O) groups is 2. The third-order valence-electron chi connectivity index (χ3n) is 4.77. The molecule has 1 heterocycles. The fourth-order valence-electron chi connectivity index (χ4n) is 3.21. The lowest BCUT2D eigenvalue weighted by Crippen LogP contribution is -2.28. The number of ether oxygens (including phenoxy) is 2. The Balaban J connectivity index is 1.67. The zero-order valence-electron chi connectivity index (χ0n) is 16.8. The number of nitro benzene ring substituents is 1. The van der Waals surface area contributed by atoms with E-state index in [1.807, 2.05) is 6.92 Å². The van der Waals surface area contributed by atoms with Crippen molar-refractivity contribution in [3.05, 3.63) is 52.6 Å². The smallest absolute Gasteiger partial charge is 0.273 e. The number of nitrogens with one attached hydrogen (secondary N) is 1. The summed E-state index contributed by atoms with van der Waals surface area (Å²) < 4.78 is 10.7. The molecule has 1 N–H and O–H groups in total. The van der Waals surface area contributed by atoms with Gasteiger partial charge in [-0.1, -0.05) is 6.92 Å². The molecule has 0 aliphatic carbocycles. The number of carbonyl (C=O) groups excluding carboxylic acids is 2. The van der Waals surface area contributed by atoms with Gasteiger partial charge in [0.25, 0.3) is 5.69 Å². The molecule has 0 saturated carbocycles. The first kappa shape index (κ1) is 21.1. The summed E-state index contributed by atoms with van der Waals surface area (Å²) in [6.45, 7) is 2.89. The maximum absolute atomic E-state index is 12.7. The average molecular weight is 413 g/mol. The van der Waals surface area contributed by atoms with E-state index < -0.39 is 10.8 Å². The summed E-state index contributed by atoms with van der Waals surface area (Å²) in [7, 11) is 1.36. The van der Waals surface area contributed by atoms with Gasteiger partial charge < -0.3 is 19.7 Å². The van der Waals surface area contributed by atoms with Gasteiger partial charge in [-0.25, -0.2) is 0 Å². The molecule has 9 nitrogen and oxygen atoms in total. The monoisotopic (exact) mass is 413 g/mol. The van der Waals surface area contributed by atoms with Gasteiger partial charge in [-0.15, -0.1) is 0 Å². The maximum Gasteiger partial charge on any atom is 0.273 e. The maximum atomic E-state index is 12.7. The van der Waals surface area contributed by atoms with Crippen LogP contribution < -0.4 is 19.7 Å². The minimum atomic E-state index is -0.548. The number of benzene rings is 2. The minimum Gasteiger partial charge on any atom is -0.494 e. The standard InChI is InChI=1S/C21H23N3O6/c1-3-10-30-17-7-4-15(5-8-17)23-13-14(11-20(23)25)21(26)22-18-9-6-16(24(27)28)12-19(18)29-2/h4-9,12,14H,3,10-11,13H2,1-2H3,(H,22,26)/t14-/m0/s1. The van der Waals surface area contributed by atoms with Gasteiger partial charge in [0.2, 0.25) is 11.8 Å². The molecule has 1 atom stereocenters. The van der Waals surface area contributed by atoms with E-state index in [1.165, 1.54) is 25.3 Å². The summed E-state index contributed by atoms with van der Waals surface area (Å²) >= 11 is 0. The molecular weight excluding hydrogens is 390 g/mol. The molecule has 9 heteroatoms. The Morgan fingerprint density at radius 3 is 2.63 bits per heavy atom. The zero-order chi connectivity index (χ0) is 21.7. The van der Waals surface area contributed by atoms with Crippen LogP contribution >= 0.6 is 0 Å². The number of methoxy groups -OCH3 is 1. The highest BCUT2D eigenvalue weighted by Gasteiger charge is 2.35. The van der Waals surface area contributed by atoms with Gasteiger partial charge in [0, 0.05) is 24.7 Å². The van der Waals surface area contributed by atoms with Crippen molar-refractivity contribution in [2.75, 3.05) is 30.5 Å². The first-order chi connectivity index (χ1) is 14.4. The van der Waals surface area contributed by atoms with Crippen molar-refractivity contribution in [1.29, 1.82) is 0 Å². The molecule has 1 aliphatic heterocycles.